The van der Waals surface area contributed by atoms with Crippen molar-refractivity contribution in [1.82, 2.24) is 9.88 Å². The number of hydrogen-bond donors (Lipinski definition) is 2. The smallest absolute Gasteiger partial charge is 0.405 e. The van der Waals surface area contributed by atoms with Gasteiger partial charge in [0.15, 0.2) is 0 Å². The van der Waals surface area contributed by atoms with Gasteiger partial charge in [-0.15, -0.1) is 0 Å². The molecule has 11 heteroatoms. The van der Waals surface area contributed by atoms with Gasteiger partial charge in [0, 0.05) is 23.7 Å². The van der Waals surface area contributed by atoms with Gasteiger partial charge in [-0.25, -0.2) is 4.99 Å². The maximum atomic E-state index is 13.6. The zero-order chi connectivity index (χ0) is 28.0. The molecule has 2 aromatic rings. The highest BCUT2D eigenvalue weighted by atomic mass is 19.4. The summed E-state index contributed by atoms with van der Waals surface area (Å²) in [6, 6.07) is 5.52. The maximum absolute atomic E-state index is 13.6. The number of pyridine rings is 1. The first kappa shape index (κ1) is 28.3. The first-order valence-corrected chi connectivity index (χ1v) is 11.4. The average molecular weight is 533 g/mol. The summed E-state index contributed by atoms with van der Waals surface area (Å²) in [4.78, 5) is 17.8. The molecule has 0 radical (unpaired) electrons. The van der Waals surface area contributed by atoms with Crippen molar-refractivity contribution < 1.29 is 26.7 Å². The SMILES string of the molecule is C=C1C=C(n2cc(/C=N\C(=C\CC)NCC(F)(F)F)c(C)c(-c3ccc(OC(F)F)cc3)c2=O)C=CC1=N. The summed E-state index contributed by atoms with van der Waals surface area (Å²) in [7, 11) is 0. The fourth-order valence-electron chi connectivity index (χ4n) is 3.61. The van der Waals surface area contributed by atoms with Gasteiger partial charge in [-0.2, -0.15) is 22.0 Å². The zero-order valence-corrected chi connectivity index (χ0v) is 20.6. The van der Waals surface area contributed by atoms with E-state index in [1.807, 2.05) is 0 Å². The number of nitrogens with zero attached hydrogens (tertiary/aromatic N) is 2. The van der Waals surface area contributed by atoms with Crippen LogP contribution in [0.2, 0.25) is 0 Å². The van der Waals surface area contributed by atoms with E-state index in [0.29, 0.717) is 34.4 Å². The van der Waals surface area contributed by atoms with E-state index in [9.17, 15) is 26.7 Å². The minimum atomic E-state index is -4.44. The monoisotopic (exact) mass is 532 g/mol. The Bertz CT molecular complexity index is 1400. The highest BCUT2D eigenvalue weighted by Gasteiger charge is 2.27. The van der Waals surface area contributed by atoms with Crippen LogP contribution in [0.1, 0.15) is 24.5 Å². The largest absolute Gasteiger partial charge is 0.435 e. The maximum Gasteiger partial charge on any atom is 0.405 e. The molecule has 1 aliphatic carbocycles. The number of aromatic nitrogens is 1. The Balaban J connectivity index is 2.15. The van der Waals surface area contributed by atoms with Gasteiger partial charge in [0.05, 0.1) is 11.3 Å². The molecule has 1 aromatic carbocycles. The molecule has 200 valence electrons. The number of hydrogen-bond acceptors (Lipinski definition) is 5. The van der Waals surface area contributed by atoms with Gasteiger partial charge < -0.3 is 15.5 Å². The Morgan fingerprint density at radius 3 is 2.50 bits per heavy atom. The Kier molecular flexibility index (Phi) is 8.82. The van der Waals surface area contributed by atoms with Crippen LogP contribution in [0, 0.1) is 12.3 Å². The molecule has 0 amide bonds. The lowest BCUT2D eigenvalue weighted by molar-refractivity contribution is -0.123. The number of allylic oxidation sites excluding steroid dienone is 6. The molecule has 6 nitrogen and oxygen atoms in total. The third-order valence-corrected chi connectivity index (χ3v) is 5.45. The third-order valence-electron chi connectivity index (χ3n) is 5.45. The fraction of sp³-hybridized carbons (Fsp3) is 0.222. The van der Waals surface area contributed by atoms with Gasteiger partial charge in [0.25, 0.3) is 5.56 Å². The van der Waals surface area contributed by atoms with Gasteiger partial charge in [-0.05, 0) is 66.5 Å². The van der Waals surface area contributed by atoms with Crippen LogP contribution in [0.15, 0.2) is 82.5 Å². The van der Waals surface area contributed by atoms with Crippen LogP contribution in [0.25, 0.3) is 16.8 Å². The first-order valence-electron chi connectivity index (χ1n) is 11.4. The Hall–Kier alpha value is -4.28. The minimum absolute atomic E-state index is 0.00984. The standard InChI is InChI=1S/C27H25F5N4O2/c1-4-5-23(35-15-27(30,31)32)34-13-19-14-36(20-8-11-22(33)16(2)12-20)25(37)24(17(19)3)18-6-9-21(10-7-18)38-26(28)29/h5-14,26,33,35H,2,4,15H2,1,3H3/b23-5-,33-22?,34-13-. The van der Waals surface area contributed by atoms with Crippen LogP contribution in [0.5, 0.6) is 5.75 Å². The Morgan fingerprint density at radius 1 is 1.24 bits per heavy atom. The van der Waals surface area contributed by atoms with Crippen LogP contribution in [0.4, 0.5) is 22.0 Å². The lowest BCUT2D eigenvalue weighted by atomic mass is 9.98. The molecular formula is C27H25F5N4O2. The van der Waals surface area contributed by atoms with E-state index in [1.165, 1.54) is 53.4 Å². The molecule has 0 aliphatic heterocycles. The van der Waals surface area contributed by atoms with Crippen molar-refractivity contribution in [2.75, 3.05) is 6.54 Å². The number of ether oxygens (including phenoxy) is 1. The summed E-state index contributed by atoms with van der Waals surface area (Å²) in [5.41, 5.74) is 2.04. The average Bonchev–Trinajstić information content (AvgIpc) is 2.84. The quantitative estimate of drug-likeness (QED) is 0.297. The minimum Gasteiger partial charge on any atom is -0.435 e. The van der Waals surface area contributed by atoms with Crippen molar-refractivity contribution >= 4 is 17.6 Å². The van der Waals surface area contributed by atoms with Crippen molar-refractivity contribution in [1.29, 1.82) is 5.41 Å². The molecular weight excluding hydrogens is 507 g/mol. The van der Waals surface area contributed by atoms with E-state index < -0.39 is 24.9 Å². The summed E-state index contributed by atoms with van der Waals surface area (Å²) in [6.45, 7) is 2.93. The van der Waals surface area contributed by atoms with Gasteiger partial charge >= 0.3 is 12.8 Å². The fourth-order valence-corrected chi connectivity index (χ4v) is 3.61. The topological polar surface area (TPSA) is 79.5 Å². The van der Waals surface area contributed by atoms with Gasteiger partial charge in [-0.1, -0.05) is 25.6 Å². The summed E-state index contributed by atoms with van der Waals surface area (Å²) < 4.78 is 69.0. The van der Waals surface area contributed by atoms with Crippen LogP contribution in [-0.2, 0) is 0 Å². The van der Waals surface area contributed by atoms with E-state index in [-0.39, 0.29) is 22.8 Å². The zero-order valence-electron chi connectivity index (χ0n) is 20.6. The van der Waals surface area contributed by atoms with Crippen LogP contribution in [0.3, 0.4) is 0 Å². The van der Waals surface area contributed by atoms with Crippen molar-refractivity contribution in [3.05, 3.63) is 94.2 Å². The van der Waals surface area contributed by atoms with Gasteiger partial charge in [0.2, 0.25) is 0 Å². The van der Waals surface area contributed by atoms with E-state index in [0.717, 1.165) is 0 Å². The summed E-state index contributed by atoms with van der Waals surface area (Å²) >= 11 is 0. The number of alkyl halides is 5. The Morgan fingerprint density at radius 2 is 1.92 bits per heavy atom. The lowest BCUT2D eigenvalue weighted by Crippen LogP contribution is -2.28. The molecule has 0 spiro atoms. The van der Waals surface area contributed by atoms with Crippen LogP contribution in [-0.4, -0.2) is 35.8 Å². The van der Waals surface area contributed by atoms with E-state index in [2.05, 4.69) is 21.6 Å². The number of aliphatic imine (C=N–C) groups is 1. The highest BCUT2D eigenvalue weighted by molar-refractivity contribution is 6.11. The van der Waals surface area contributed by atoms with Crippen molar-refractivity contribution in [2.24, 2.45) is 4.99 Å². The number of nitrogens with one attached hydrogen (secondary N) is 2. The second-order valence-electron chi connectivity index (χ2n) is 8.23. The molecule has 0 fully saturated rings. The number of halogens is 5. The summed E-state index contributed by atoms with van der Waals surface area (Å²) in [5, 5.41) is 10.1. The van der Waals surface area contributed by atoms with Crippen molar-refractivity contribution in [3.63, 3.8) is 0 Å². The molecule has 1 aliphatic rings. The highest BCUT2D eigenvalue weighted by Crippen LogP contribution is 2.27. The molecule has 0 bridgehead atoms. The Labute approximate surface area is 215 Å². The number of benzene rings is 1. The third kappa shape index (κ3) is 7.15. The van der Waals surface area contributed by atoms with Crippen molar-refractivity contribution in [2.45, 2.75) is 33.1 Å². The van der Waals surface area contributed by atoms with Crippen molar-refractivity contribution in [3.8, 4) is 16.9 Å². The second kappa shape index (κ2) is 11.8. The van der Waals surface area contributed by atoms with E-state index in [4.69, 9.17) is 5.41 Å². The van der Waals surface area contributed by atoms with Gasteiger partial charge in [0.1, 0.15) is 18.1 Å². The lowest BCUT2D eigenvalue weighted by Gasteiger charge is -2.17. The number of rotatable bonds is 9. The molecule has 0 atom stereocenters. The predicted molar refractivity (Wildman–Crippen MR) is 138 cm³/mol. The van der Waals surface area contributed by atoms with E-state index in [1.54, 1.807) is 26.0 Å². The first-order chi connectivity index (χ1) is 17.9. The van der Waals surface area contributed by atoms with Crippen LogP contribution >= 0.6 is 0 Å². The molecule has 0 saturated heterocycles. The molecule has 0 unspecified atom stereocenters. The normalized spacial score (nSPS) is 14.4. The van der Waals surface area contributed by atoms with Gasteiger partial charge in [-0.3, -0.25) is 9.36 Å². The second-order valence-corrected chi connectivity index (χ2v) is 8.23. The van der Waals surface area contributed by atoms with E-state index >= 15 is 0 Å². The molecule has 38 heavy (non-hydrogen) atoms. The molecule has 1 aromatic heterocycles. The molecule has 2 N–H and O–H groups in total. The van der Waals surface area contributed by atoms with Crippen LogP contribution < -0.4 is 15.6 Å². The summed E-state index contributed by atoms with van der Waals surface area (Å²) in [5.74, 6) is -0.0760. The summed E-state index contributed by atoms with van der Waals surface area (Å²) in [6.07, 6.45) is 4.93. The molecule has 0 saturated carbocycles. The predicted octanol–water partition coefficient (Wildman–Crippen LogP) is 6.23. The molecule has 3 rings (SSSR count). The molecule has 1 heterocycles.